The van der Waals surface area contributed by atoms with Gasteiger partial charge >= 0.3 is 0 Å². The van der Waals surface area contributed by atoms with Crippen molar-refractivity contribution in [1.82, 2.24) is 4.98 Å². The van der Waals surface area contributed by atoms with Gasteiger partial charge in [-0.15, -0.1) is 0 Å². The number of carbonyl (C=O) groups is 1. The fourth-order valence-electron chi connectivity index (χ4n) is 0.701. The highest BCUT2D eigenvalue weighted by atomic mass is 127. The van der Waals surface area contributed by atoms with Gasteiger partial charge in [-0.05, 0) is 17.7 Å². The highest BCUT2D eigenvalue weighted by Crippen LogP contribution is 2.06. The summed E-state index contributed by atoms with van der Waals surface area (Å²) in [6.45, 7) is 3.59. The number of pyridine rings is 1. The number of rotatable bonds is 2. The first-order valence-corrected chi connectivity index (χ1v) is 4.35. The second-order valence-electron chi connectivity index (χ2n) is 2.08. The lowest BCUT2D eigenvalue weighted by Gasteiger charge is -1.98. The lowest BCUT2D eigenvalue weighted by atomic mass is 10.3. The predicted molar refractivity (Wildman–Crippen MR) is 57.4 cm³/mol. The second kappa shape index (κ2) is 4.20. The maximum atomic E-state index is 10.6. The first-order chi connectivity index (χ1) is 5.72. The van der Waals surface area contributed by atoms with Crippen LogP contribution < -0.4 is 5.32 Å². The van der Waals surface area contributed by atoms with Gasteiger partial charge in [-0.2, -0.15) is 0 Å². The molecule has 1 aromatic heterocycles. The third-order valence-corrected chi connectivity index (χ3v) is 1.52. The smallest absolute Gasteiger partial charge is 0.286 e. The van der Waals surface area contributed by atoms with Crippen molar-refractivity contribution < 1.29 is 4.79 Å². The van der Waals surface area contributed by atoms with E-state index in [0.29, 0.717) is 5.82 Å². The first-order valence-electron chi connectivity index (χ1n) is 3.27. The summed E-state index contributed by atoms with van der Waals surface area (Å²) in [4.78, 5) is 14.6. The zero-order valence-corrected chi connectivity index (χ0v) is 8.41. The van der Waals surface area contributed by atoms with Gasteiger partial charge in [0.05, 0.1) is 0 Å². The maximum absolute atomic E-state index is 10.6. The van der Waals surface area contributed by atoms with Crippen LogP contribution in [0, 0.1) is 0 Å². The zero-order chi connectivity index (χ0) is 8.97. The molecule has 0 saturated carbocycles. The lowest BCUT2D eigenvalue weighted by molar-refractivity contribution is 0.271. The molecule has 0 aliphatic rings. The molecule has 0 radical (unpaired) electrons. The molecule has 12 heavy (non-hydrogen) atoms. The second-order valence-corrected chi connectivity index (χ2v) is 3.06. The first kappa shape index (κ1) is 9.18. The zero-order valence-electron chi connectivity index (χ0n) is 6.25. The van der Waals surface area contributed by atoms with Crippen molar-refractivity contribution in [2.24, 2.45) is 0 Å². The van der Waals surface area contributed by atoms with Gasteiger partial charge in [0, 0.05) is 28.8 Å². The van der Waals surface area contributed by atoms with Crippen LogP contribution >= 0.6 is 22.6 Å². The van der Waals surface area contributed by atoms with Crippen molar-refractivity contribution in [3.05, 3.63) is 30.5 Å². The summed E-state index contributed by atoms with van der Waals surface area (Å²) in [6, 6.07) is 3.56. The average molecular weight is 274 g/mol. The topological polar surface area (TPSA) is 42.0 Å². The molecule has 1 aromatic rings. The van der Waals surface area contributed by atoms with Crippen LogP contribution in [0.2, 0.25) is 0 Å². The Morgan fingerprint density at radius 3 is 2.83 bits per heavy atom. The summed E-state index contributed by atoms with van der Waals surface area (Å²) in [5, 5.41) is 2.56. The highest BCUT2D eigenvalue weighted by molar-refractivity contribution is 14.1. The number of anilines is 1. The Hall–Kier alpha value is -0.910. The molecule has 3 nitrogen and oxygen atoms in total. The van der Waals surface area contributed by atoms with E-state index in [0.717, 1.165) is 5.56 Å². The Bertz CT molecular complexity index is 294. The van der Waals surface area contributed by atoms with E-state index < -0.39 is 0 Å². The number of hydrogen-bond donors (Lipinski definition) is 1. The summed E-state index contributed by atoms with van der Waals surface area (Å²) in [6.07, 6.45) is 3.34. The lowest BCUT2D eigenvalue weighted by Crippen LogP contribution is -2.01. The van der Waals surface area contributed by atoms with Gasteiger partial charge < -0.3 is 5.32 Å². The van der Waals surface area contributed by atoms with Gasteiger partial charge in [-0.1, -0.05) is 12.7 Å². The molecule has 0 fully saturated rings. The molecule has 62 valence electrons. The van der Waals surface area contributed by atoms with Crippen LogP contribution in [0.1, 0.15) is 5.56 Å². The number of nitrogens with one attached hydrogen (secondary N) is 1. The van der Waals surface area contributed by atoms with Crippen molar-refractivity contribution >= 4 is 38.4 Å². The molecule has 0 bridgehead atoms. The molecule has 1 rings (SSSR count). The van der Waals surface area contributed by atoms with E-state index in [1.54, 1.807) is 40.9 Å². The normalized spacial score (nSPS) is 9.08. The number of aromatic nitrogens is 1. The molecule has 1 heterocycles. The third-order valence-electron chi connectivity index (χ3n) is 1.25. The molecule has 1 amide bonds. The number of carbonyl (C=O) groups excluding carboxylic acids is 1. The van der Waals surface area contributed by atoms with Gasteiger partial charge in [-0.3, -0.25) is 4.79 Å². The number of amides is 1. The van der Waals surface area contributed by atoms with Crippen LogP contribution in [0.4, 0.5) is 10.6 Å². The van der Waals surface area contributed by atoms with E-state index in [1.807, 2.05) is 6.07 Å². The summed E-state index contributed by atoms with van der Waals surface area (Å²) < 4.78 is -0.147. The summed E-state index contributed by atoms with van der Waals surface area (Å²) in [7, 11) is 0. The fraction of sp³-hybridized carbons (Fsp3) is 0. The Morgan fingerprint density at radius 2 is 2.42 bits per heavy atom. The van der Waals surface area contributed by atoms with Crippen LogP contribution in [0.5, 0.6) is 0 Å². The number of halogens is 1. The predicted octanol–water partition coefficient (Wildman–Crippen LogP) is 2.69. The number of nitrogens with zero attached hydrogens (tertiary/aromatic N) is 1. The van der Waals surface area contributed by atoms with E-state index in [1.165, 1.54) is 0 Å². The van der Waals surface area contributed by atoms with E-state index >= 15 is 0 Å². The fourth-order valence-corrected chi connectivity index (χ4v) is 0.977. The minimum absolute atomic E-state index is 0.147. The van der Waals surface area contributed by atoms with E-state index in [-0.39, 0.29) is 3.91 Å². The van der Waals surface area contributed by atoms with Crippen molar-refractivity contribution in [2.75, 3.05) is 5.32 Å². The van der Waals surface area contributed by atoms with Crippen LogP contribution in [0.25, 0.3) is 6.08 Å². The average Bonchev–Trinajstić information content (AvgIpc) is 2.05. The largest absolute Gasteiger partial charge is 0.302 e. The molecule has 0 aliphatic heterocycles. The van der Waals surface area contributed by atoms with E-state index in [9.17, 15) is 4.79 Å². The Morgan fingerprint density at radius 1 is 1.67 bits per heavy atom. The molecule has 0 unspecified atom stereocenters. The third kappa shape index (κ3) is 2.61. The van der Waals surface area contributed by atoms with Crippen molar-refractivity contribution in [3.8, 4) is 0 Å². The summed E-state index contributed by atoms with van der Waals surface area (Å²) in [5.41, 5.74) is 0.932. The minimum Gasteiger partial charge on any atom is -0.302 e. The summed E-state index contributed by atoms with van der Waals surface area (Å²) in [5.74, 6) is 0.556. The molecule has 1 N–H and O–H groups in total. The molecule has 0 aromatic carbocycles. The standard InChI is InChI=1S/C8H7IN2O/c1-2-6-3-4-7(10-5-6)11-8(9)12/h2-5H,1H2,(H,10,11,12). The van der Waals surface area contributed by atoms with E-state index in [4.69, 9.17) is 0 Å². The van der Waals surface area contributed by atoms with Gasteiger partial charge in [-0.25, -0.2) is 4.98 Å². The Kier molecular flexibility index (Phi) is 3.21. The maximum Gasteiger partial charge on any atom is 0.286 e. The van der Waals surface area contributed by atoms with Gasteiger partial charge in [0.2, 0.25) is 0 Å². The van der Waals surface area contributed by atoms with Crippen molar-refractivity contribution in [3.63, 3.8) is 0 Å². The molecule has 0 saturated heterocycles. The summed E-state index contributed by atoms with van der Waals surface area (Å²) >= 11 is 1.65. The molecule has 0 aliphatic carbocycles. The van der Waals surface area contributed by atoms with Crippen LogP contribution in [0.3, 0.4) is 0 Å². The quantitative estimate of drug-likeness (QED) is 0.512. The van der Waals surface area contributed by atoms with Gasteiger partial charge in [0.15, 0.2) is 0 Å². The minimum atomic E-state index is -0.147. The Labute approximate surface area is 84.0 Å². The monoisotopic (exact) mass is 274 g/mol. The SMILES string of the molecule is C=Cc1ccc(NC(=O)I)nc1. The molecule has 0 spiro atoms. The highest BCUT2D eigenvalue weighted by Gasteiger charge is 1.95. The van der Waals surface area contributed by atoms with Crippen LogP contribution in [-0.2, 0) is 0 Å². The Balaban J connectivity index is 2.77. The molecular weight excluding hydrogens is 267 g/mol. The van der Waals surface area contributed by atoms with Gasteiger partial charge in [0.1, 0.15) is 5.82 Å². The van der Waals surface area contributed by atoms with Crippen LogP contribution in [-0.4, -0.2) is 8.90 Å². The van der Waals surface area contributed by atoms with Crippen LogP contribution in [0.15, 0.2) is 24.9 Å². The van der Waals surface area contributed by atoms with Crippen molar-refractivity contribution in [2.45, 2.75) is 0 Å². The van der Waals surface area contributed by atoms with Gasteiger partial charge in [0.25, 0.3) is 3.91 Å². The van der Waals surface area contributed by atoms with Crippen molar-refractivity contribution in [1.29, 1.82) is 0 Å². The molecule has 4 heteroatoms. The number of hydrogen-bond acceptors (Lipinski definition) is 2. The molecule has 0 atom stereocenters. The molecular formula is C8H7IN2O. The van der Waals surface area contributed by atoms with E-state index in [2.05, 4.69) is 16.9 Å².